The van der Waals surface area contributed by atoms with E-state index in [9.17, 15) is 13.2 Å². The zero-order valence-electron chi connectivity index (χ0n) is 20.2. The standard InChI is InChI=1S/C26H29ClN2O5S/c1-18-13-19(2)15-21(14-18)29(35(4,31)32)12-6-9-26(30)28-24-16-20(27)10-11-25(24)34-23-8-5-7-22(17-23)33-3/h5,7-8,10-11,13-17H,6,9,12H2,1-4H3,(H,28,30). The van der Waals surface area contributed by atoms with Crippen LogP contribution in [0.3, 0.4) is 0 Å². The van der Waals surface area contributed by atoms with Gasteiger partial charge in [-0.05, 0) is 73.9 Å². The summed E-state index contributed by atoms with van der Waals surface area (Å²) < 4.78 is 37.3. The van der Waals surface area contributed by atoms with Gasteiger partial charge in [0.05, 0.1) is 24.7 Å². The molecule has 186 valence electrons. The topological polar surface area (TPSA) is 84.9 Å². The maximum absolute atomic E-state index is 12.7. The molecule has 3 aromatic carbocycles. The van der Waals surface area contributed by atoms with Crippen molar-refractivity contribution < 1.29 is 22.7 Å². The molecule has 0 aliphatic rings. The van der Waals surface area contributed by atoms with Gasteiger partial charge in [-0.2, -0.15) is 0 Å². The number of nitrogens with zero attached hydrogens (tertiary/aromatic N) is 1. The molecule has 0 saturated carbocycles. The lowest BCUT2D eigenvalue weighted by Gasteiger charge is -2.23. The van der Waals surface area contributed by atoms with Crippen molar-refractivity contribution in [1.29, 1.82) is 0 Å². The second-order valence-corrected chi connectivity index (χ2v) is 10.6. The fraction of sp³-hybridized carbons (Fsp3) is 0.269. The molecular weight excluding hydrogens is 488 g/mol. The number of hydrogen-bond acceptors (Lipinski definition) is 5. The summed E-state index contributed by atoms with van der Waals surface area (Å²) in [5, 5.41) is 3.26. The predicted octanol–water partition coefficient (Wildman–Crippen LogP) is 5.94. The lowest BCUT2D eigenvalue weighted by molar-refractivity contribution is -0.116. The molecule has 0 spiro atoms. The van der Waals surface area contributed by atoms with Crippen LogP contribution in [0.5, 0.6) is 17.2 Å². The lowest BCUT2D eigenvalue weighted by Crippen LogP contribution is -2.31. The largest absolute Gasteiger partial charge is 0.497 e. The normalized spacial score (nSPS) is 11.1. The third-order valence-electron chi connectivity index (χ3n) is 5.14. The monoisotopic (exact) mass is 516 g/mol. The molecule has 7 nitrogen and oxygen atoms in total. The number of anilines is 2. The number of methoxy groups -OCH3 is 1. The first kappa shape index (κ1) is 26.4. The summed E-state index contributed by atoms with van der Waals surface area (Å²) in [6.07, 6.45) is 1.61. The van der Waals surface area contributed by atoms with E-state index < -0.39 is 10.0 Å². The fourth-order valence-electron chi connectivity index (χ4n) is 3.66. The summed E-state index contributed by atoms with van der Waals surface area (Å²) in [6.45, 7) is 4.01. The number of benzene rings is 3. The first-order valence-corrected chi connectivity index (χ1v) is 13.2. The summed E-state index contributed by atoms with van der Waals surface area (Å²) in [6, 6.07) is 17.7. The van der Waals surface area contributed by atoms with Crippen LogP contribution < -0.4 is 19.1 Å². The van der Waals surface area contributed by atoms with Crippen LogP contribution in [-0.2, 0) is 14.8 Å². The second-order valence-electron chi connectivity index (χ2n) is 8.25. The van der Waals surface area contributed by atoms with E-state index in [1.807, 2.05) is 32.0 Å². The van der Waals surface area contributed by atoms with Crippen LogP contribution in [0.2, 0.25) is 5.02 Å². The van der Waals surface area contributed by atoms with Gasteiger partial charge in [-0.25, -0.2) is 8.42 Å². The van der Waals surface area contributed by atoms with Crippen molar-refractivity contribution in [3.8, 4) is 17.2 Å². The highest BCUT2D eigenvalue weighted by atomic mass is 35.5. The molecule has 0 radical (unpaired) electrons. The van der Waals surface area contributed by atoms with Crippen molar-refractivity contribution in [1.82, 2.24) is 0 Å². The molecule has 0 aromatic heterocycles. The Morgan fingerprint density at radius 1 is 1.00 bits per heavy atom. The zero-order chi connectivity index (χ0) is 25.6. The molecule has 35 heavy (non-hydrogen) atoms. The minimum atomic E-state index is -3.51. The molecule has 0 heterocycles. The number of rotatable bonds is 10. The third-order valence-corrected chi connectivity index (χ3v) is 6.57. The highest BCUT2D eigenvalue weighted by Crippen LogP contribution is 2.33. The molecule has 0 fully saturated rings. The maximum atomic E-state index is 12.7. The zero-order valence-corrected chi connectivity index (χ0v) is 21.7. The van der Waals surface area contributed by atoms with E-state index in [1.165, 1.54) is 10.6 Å². The van der Waals surface area contributed by atoms with Gasteiger partial charge >= 0.3 is 0 Å². The molecule has 3 rings (SSSR count). The Bertz CT molecular complexity index is 1290. The lowest BCUT2D eigenvalue weighted by atomic mass is 10.1. The van der Waals surface area contributed by atoms with Crippen molar-refractivity contribution in [3.05, 3.63) is 76.8 Å². The highest BCUT2D eigenvalue weighted by Gasteiger charge is 2.19. The minimum Gasteiger partial charge on any atom is -0.497 e. The molecule has 0 aliphatic heterocycles. The van der Waals surface area contributed by atoms with E-state index in [2.05, 4.69) is 5.32 Å². The smallest absolute Gasteiger partial charge is 0.232 e. The summed E-state index contributed by atoms with van der Waals surface area (Å²) in [5.74, 6) is 1.32. The molecule has 9 heteroatoms. The van der Waals surface area contributed by atoms with E-state index in [1.54, 1.807) is 49.6 Å². The molecule has 0 bridgehead atoms. The molecule has 1 N–H and O–H groups in total. The van der Waals surface area contributed by atoms with Crippen molar-refractivity contribution in [2.45, 2.75) is 26.7 Å². The maximum Gasteiger partial charge on any atom is 0.232 e. The molecule has 0 atom stereocenters. The van der Waals surface area contributed by atoms with E-state index in [-0.39, 0.29) is 18.9 Å². The predicted molar refractivity (Wildman–Crippen MR) is 140 cm³/mol. The van der Waals surface area contributed by atoms with Crippen LogP contribution in [0.25, 0.3) is 0 Å². The number of ether oxygens (including phenoxy) is 2. The Kier molecular flexibility index (Phi) is 8.64. The molecule has 3 aromatic rings. The first-order valence-electron chi connectivity index (χ1n) is 11.0. The second kappa shape index (κ2) is 11.5. The average molecular weight is 517 g/mol. The summed E-state index contributed by atoms with van der Waals surface area (Å²) in [5.41, 5.74) is 2.95. The van der Waals surface area contributed by atoms with Gasteiger partial charge < -0.3 is 14.8 Å². The fourth-order valence-corrected chi connectivity index (χ4v) is 4.78. The SMILES string of the molecule is COc1cccc(Oc2ccc(Cl)cc2NC(=O)CCCN(c2cc(C)cc(C)c2)S(C)(=O)=O)c1. The van der Waals surface area contributed by atoms with Gasteiger partial charge in [0.1, 0.15) is 11.5 Å². The minimum absolute atomic E-state index is 0.113. The van der Waals surface area contributed by atoms with Crippen LogP contribution in [0.4, 0.5) is 11.4 Å². The van der Waals surface area contributed by atoms with E-state index in [0.717, 1.165) is 11.1 Å². The van der Waals surface area contributed by atoms with Gasteiger partial charge in [0.25, 0.3) is 0 Å². The van der Waals surface area contributed by atoms with Gasteiger partial charge in [0, 0.05) is 24.1 Å². The van der Waals surface area contributed by atoms with Crippen LogP contribution in [-0.4, -0.2) is 34.2 Å². The van der Waals surface area contributed by atoms with Crippen molar-refractivity contribution >= 4 is 38.9 Å². The number of amides is 1. The number of hydrogen-bond donors (Lipinski definition) is 1. The van der Waals surface area contributed by atoms with Crippen LogP contribution >= 0.6 is 11.6 Å². The van der Waals surface area contributed by atoms with Gasteiger partial charge in [-0.15, -0.1) is 0 Å². The van der Waals surface area contributed by atoms with Crippen LogP contribution in [0, 0.1) is 13.8 Å². The molecule has 0 unspecified atom stereocenters. The van der Waals surface area contributed by atoms with Crippen LogP contribution in [0.15, 0.2) is 60.7 Å². The number of carbonyl (C=O) groups is 1. The molecule has 0 aliphatic carbocycles. The van der Waals surface area contributed by atoms with Crippen LogP contribution in [0.1, 0.15) is 24.0 Å². The van der Waals surface area contributed by atoms with Gasteiger partial charge in [-0.3, -0.25) is 9.10 Å². The summed E-state index contributed by atoms with van der Waals surface area (Å²) in [4.78, 5) is 12.7. The first-order chi connectivity index (χ1) is 16.5. The Morgan fingerprint density at radius 3 is 2.34 bits per heavy atom. The van der Waals surface area contributed by atoms with E-state index in [4.69, 9.17) is 21.1 Å². The van der Waals surface area contributed by atoms with E-state index >= 15 is 0 Å². The average Bonchev–Trinajstić information content (AvgIpc) is 2.77. The molecular formula is C26H29ClN2O5S. The Labute approximate surface area is 211 Å². The third kappa shape index (κ3) is 7.63. The van der Waals surface area contributed by atoms with E-state index in [0.29, 0.717) is 40.1 Å². The Hall–Kier alpha value is -3.23. The summed E-state index contributed by atoms with van der Waals surface area (Å²) in [7, 11) is -1.94. The Balaban J connectivity index is 1.68. The van der Waals surface area contributed by atoms with Crippen molar-refractivity contribution in [2.24, 2.45) is 0 Å². The Morgan fingerprint density at radius 2 is 1.69 bits per heavy atom. The number of sulfonamides is 1. The van der Waals surface area contributed by atoms with Gasteiger partial charge in [-0.1, -0.05) is 23.7 Å². The quantitative estimate of drug-likeness (QED) is 0.360. The molecule has 0 saturated heterocycles. The molecule has 1 amide bonds. The number of nitrogens with one attached hydrogen (secondary N) is 1. The van der Waals surface area contributed by atoms with Gasteiger partial charge in [0.2, 0.25) is 15.9 Å². The van der Waals surface area contributed by atoms with Crippen molar-refractivity contribution in [2.75, 3.05) is 29.5 Å². The van der Waals surface area contributed by atoms with Crippen molar-refractivity contribution in [3.63, 3.8) is 0 Å². The van der Waals surface area contributed by atoms with Gasteiger partial charge in [0.15, 0.2) is 5.75 Å². The number of halogens is 1. The highest BCUT2D eigenvalue weighted by molar-refractivity contribution is 7.92. The number of carbonyl (C=O) groups excluding carboxylic acids is 1. The summed E-state index contributed by atoms with van der Waals surface area (Å²) >= 11 is 6.14. The number of aryl methyl sites for hydroxylation is 2.